The minimum atomic E-state index is -0.0223. The maximum absolute atomic E-state index is 6.09. The molecule has 0 aliphatic heterocycles. The van der Waals surface area contributed by atoms with Gasteiger partial charge in [0.25, 0.3) is 0 Å². The summed E-state index contributed by atoms with van der Waals surface area (Å²) in [5, 5.41) is 0. The molecule has 0 heterocycles. The van der Waals surface area contributed by atoms with E-state index in [0.717, 1.165) is 5.92 Å². The van der Waals surface area contributed by atoms with Gasteiger partial charge < -0.3 is 4.74 Å². The van der Waals surface area contributed by atoms with Crippen LogP contribution in [-0.2, 0) is 4.74 Å². The van der Waals surface area contributed by atoms with Gasteiger partial charge in [-0.1, -0.05) is 51.9 Å². The van der Waals surface area contributed by atoms with E-state index in [2.05, 4.69) is 12.3 Å². The molecule has 3 N–H and O–H groups in total. The van der Waals surface area contributed by atoms with E-state index in [1.807, 2.05) is 7.11 Å². The number of hydrazine groups is 1. The zero-order chi connectivity index (χ0) is 14.4. The van der Waals surface area contributed by atoms with Gasteiger partial charge in [0, 0.05) is 7.11 Å². The second-order valence-corrected chi connectivity index (χ2v) is 7.03. The molecule has 3 heteroatoms. The van der Waals surface area contributed by atoms with Crippen LogP contribution in [0.15, 0.2) is 0 Å². The van der Waals surface area contributed by atoms with Gasteiger partial charge in [-0.2, -0.15) is 0 Å². The van der Waals surface area contributed by atoms with Crippen LogP contribution >= 0.6 is 0 Å². The molecule has 3 nitrogen and oxygen atoms in total. The highest BCUT2D eigenvalue weighted by atomic mass is 16.5. The summed E-state index contributed by atoms with van der Waals surface area (Å²) in [7, 11) is 1.90. The topological polar surface area (TPSA) is 47.3 Å². The van der Waals surface area contributed by atoms with Crippen molar-refractivity contribution in [2.75, 3.05) is 7.11 Å². The van der Waals surface area contributed by atoms with Gasteiger partial charge in [-0.25, -0.2) is 0 Å². The molecule has 0 saturated heterocycles. The van der Waals surface area contributed by atoms with Crippen LogP contribution in [0.4, 0.5) is 0 Å². The van der Waals surface area contributed by atoms with Crippen LogP contribution in [-0.4, -0.2) is 18.8 Å². The van der Waals surface area contributed by atoms with Crippen LogP contribution in [0.3, 0.4) is 0 Å². The maximum Gasteiger partial charge on any atom is 0.0847 e. The Morgan fingerprint density at radius 3 is 2.40 bits per heavy atom. The third kappa shape index (κ3) is 3.55. The molecule has 0 aromatic rings. The van der Waals surface area contributed by atoms with E-state index < -0.39 is 0 Å². The van der Waals surface area contributed by atoms with Crippen molar-refractivity contribution < 1.29 is 4.74 Å². The summed E-state index contributed by atoms with van der Waals surface area (Å²) < 4.78 is 6.09. The van der Waals surface area contributed by atoms with Gasteiger partial charge in [0.1, 0.15) is 0 Å². The van der Waals surface area contributed by atoms with Crippen molar-refractivity contribution >= 4 is 0 Å². The number of ether oxygens (including phenoxy) is 1. The van der Waals surface area contributed by atoms with E-state index in [0.29, 0.717) is 12.0 Å². The first-order valence-electron chi connectivity index (χ1n) is 8.77. The zero-order valence-corrected chi connectivity index (χ0v) is 13.5. The molecule has 0 spiro atoms. The van der Waals surface area contributed by atoms with Gasteiger partial charge in [0.15, 0.2) is 0 Å². The van der Waals surface area contributed by atoms with Crippen LogP contribution in [0.5, 0.6) is 0 Å². The quantitative estimate of drug-likeness (QED) is 0.458. The second kappa shape index (κ2) is 7.77. The maximum atomic E-state index is 6.09. The Balaban J connectivity index is 2.11. The van der Waals surface area contributed by atoms with Gasteiger partial charge >= 0.3 is 0 Å². The number of nitrogens with one attached hydrogen (secondary N) is 1. The van der Waals surface area contributed by atoms with Crippen LogP contribution in [0.25, 0.3) is 0 Å². The van der Waals surface area contributed by atoms with Crippen LogP contribution in [0, 0.1) is 11.8 Å². The first-order valence-corrected chi connectivity index (χ1v) is 8.77. The average Bonchev–Trinajstić information content (AvgIpc) is 2.75. The summed E-state index contributed by atoms with van der Waals surface area (Å²) in [5.41, 5.74) is 3.16. The van der Waals surface area contributed by atoms with Crippen molar-refractivity contribution in [1.82, 2.24) is 5.43 Å². The van der Waals surface area contributed by atoms with E-state index in [1.54, 1.807) is 0 Å². The van der Waals surface area contributed by atoms with Crippen LogP contribution in [0.1, 0.15) is 77.6 Å². The number of rotatable bonds is 5. The monoisotopic (exact) mass is 282 g/mol. The average molecular weight is 282 g/mol. The molecule has 0 aromatic heterocycles. The van der Waals surface area contributed by atoms with Crippen molar-refractivity contribution in [3.63, 3.8) is 0 Å². The minimum absolute atomic E-state index is 0.0223. The normalized spacial score (nSPS) is 32.5. The lowest BCUT2D eigenvalue weighted by Crippen LogP contribution is -2.58. The lowest BCUT2D eigenvalue weighted by atomic mass is 9.70. The molecule has 2 aliphatic rings. The van der Waals surface area contributed by atoms with Gasteiger partial charge in [0.2, 0.25) is 0 Å². The lowest BCUT2D eigenvalue weighted by Gasteiger charge is -2.45. The highest BCUT2D eigenvalue weighted by molar-refractivity contribution is 4.98. The molecule has 118 valence electrons. The third-order valence-electron chi connectivity index (χ3n) is 5.97. The van der Waals surface area contributed by atoms with Crippen molar-refractivity contribution in [1.29, 1.82) is 0 Å². The van der Waals surface area contributed by atoms with Gasteiger partial charge in [0.05, 0.1) is 11.6 Å². The second-order valence-electron chi connectivity index (χ2n) is 7.03. The Morgan fingerprint density at radius 2 is 1.85 bits per heavy atom. The summed E-state index contributed by atoms with van der Waals surface area (Å²) in [4.78, 5) is 0. The highest BCUT2D eigenvalue weighted by Gasteiger charge is 2.43. The first kappa shape index (κ1) is 16.3. The van der Waals surface area contributed by atoms with Gasteiger partial charge in [-0.05, 0) is 37.5 Å². The molecule has 0 radical (unpaired) electrons. The summed E-state index contributed by atoms with van der Waals surface area (Å²) >= 11 is 0. The fourth-order valence-electron chi connectivity index (χ4n) is 4.69. The predicted molar refractivity (Wildman–Crippen MR) is 84.3 cm³/mol. The van der Waals surface area contributed by atoms with E-state index >= 15 is 0 Å². The Kier molecular flexibility index (Phi) is 6.31. The Hall–Kier alpha value is -0.120. The molecule has 3 unspecified atom stereocenters. The van der Waals surface area contributed by atoms with Crippen molar-refractivity contribution in [2.24, 2.45) is 17.7 Å². The van der Waals surface area contributed by atoms with E-state index in [1.165, 1.54) is 70.6 Å². The highest BCUT2D eigenvalue weighted by Crippen LogP contribution is 2.41. The molecule has 3 atom stereocenters. The first-order chi connectivity index (χ1) is 9.75. The number of nitrogens with two attached hydrogens (primary N) is 1. The van der Waals surface area contributed by atoms with Crippen molar-refractivity contribution in [3.8, 4) is 0 Å². The van der Waals surface area contributed by atoms with Gasteiger partial charge in [-0.15, -0.1) is 0 Å². The minimum Gasteiger partial charge on any atom is -0.377 e. The molecule has 2 saturated carbocycles. The molecule has 2 rings (SSSR count). The Morgan fingerprint density at radius 1 is 1.15 bits per heavy atom. The van der Waals surface area contributed by atoms with E-state index in [4.69, 9.17) is 10.6 Å². The SMILES string of the molecule is CCC1CCCC(C(NN)C2(OC)CCCCCC2)C1. The van der Waals surface area contributed by atoms with E-state index in [-0.39, 0.29) is 5.60 Å². The summed E-state index contributed by atoms with van der Waals surface area (Å²) in [6.45, 7) is 2.33. The molecular weight excluding hydrogens is 248 g/mol. The molecule has 2 fully saturated rings. The standard InChI is InChI=1S/C17H34N2O/c1-3-14-9-8-10-15(13-14)16(19-18)17(20-2)11-6-4-5-7-12-17/h14-16,19H,3-13,18H2,1-2H3. The predicted octanol–water partition coefficient (Wildman–Crippen LogP) is 3.77. The van der Waals surface area contributed by atoms with E-state index in [9.17, 15) is 0 Å². The summed E-state index contributed by atoms with van der Waals surface area (Å²) in [6.07, 6.45) is 14.4. The summed E-state index contributed by atoms with van der Waals surface area (Å²) in [6, 6.07) is 0.333. The summed E-state index contributed by atoms with van der Waals surface area (Å²) in [5.74, 6) is 7.59. The van der Waals surface area contributed by atoms with Crippen LogP contribution < -0.4 is 11.3 Å². The Bertz CT molecular complexity index is 274. The fourth-order valence-corrected chi connectivity index (χ4v) is 4.69. The van der Waals surface area contributed by atoms with Crippen LogP contribution in [0.2, 0.25) is 0 Å². The molecule has 0 aromatic carbocycles. The number of methoxy groups -OCH3 is 1. The molecular formula is C17H34N2O. The third-order valence-corrected chi connectivity index (χ3v) is 5.97. The number of hydrogen-bond donors (Lipinski definition) is 2. The molecule has 0 amide bonds. The van der Waals surface area contributed by atoms with Crippen molar-refractivity contribution in [2.45, 2.75) is 89.2 Å². The zero-order valence-electron chi connectivity index (χ0n) is 13.5. The fraction of sp³-hybridized carbons (Fsp3) is 1.00. The molecule has 2 aliphatic carbocycles. The van der Waals surface area contributed by atoms with Gasteiger partial charge in [-0.3, -0.25) is 11.3 Å². The molecule has 20 heavy (non-hydrogen) atoms. The lowest BCUT2D eigenvalue weighted by molar-refractivity contribution is -0.0745. The number of hydrogen-bond acceptors (Lipinski definition) is 3. The van der Waals surface area contributed by atoms with Crippen molar-refractivity contribution in [3.05, 3.63) is 0 Å². The largest absolute Gasteiger partial charge is 0.377 e. The Labute approximate surface area is 125 Å². The molecule has 0 bridgehead atoms. The smallest absolute Gasteiger partial charge is 0.0847 e.